The summed E-state index contributed by atoms with van der Waals surface area (Å²) in [5, 5.41) is 6.26. The van der Waals surface area contributed by atoms with Gasteiger partial charge in [0.1, 0.15) is 0 Å². The molecule has 2 aromatic carbocycles. The lowest BCUT2D eigenvalue weighted by molar-refractivity contribution is -0.142. The monoisotopic (exact) mass is 468 g/mol. The van der Waals surface area contributed by atoms with Gasteiger partial charge in [0, 0.05) is 11.3 Å². The Bertz CT molecular complexity index is 1050. The van der Waals surface area contributed by atoms with E-state index in [1.54, 1.807) is 18.2 Å². The van der Waals surface area contributed by atoms with Crippen molar-refractivity contribution in [3.63, 3.8) is 0 Å². The SMILES string of the molecule is C=CCc1cc(/C=C2\S[C@@H](Nc3ccc(CC)cc3)NC2=O)cc(OC)c1OCC(=O)OC. The number of rotatable bonds is 10. The number of esters is 1. The van der Waals surface area contributed by atoms with Crippen molar-refractivity contribution < 1.29 is 23.8 Å². The average molecular weight is 469 g/mol. The van der Waals surface area contributed by atoms with E-state index < -0.39 is 5.97 Å². The molecule has 1 aliphatic rings. The molecule has 0 spiro atoms. The topological polar surface area (TPSA) is 85.9 Å². The first-order valence-corrected chi connectivity index (χ1v) is 11.4. The molecule has 1 saturated heterocycles. The van der Waals surface area contributed by atoms with Gasteiger partial charge in [0.05, 0.1) is 19.1 Å². The van der Waals surface area contributed by atoms with Crippen LogP contribution >= 0.6 is 11.8 Å². The Balaban J connectivity index is 1.80. The lowest BCUT2D eigenvalue weighted by Crippen LogP contribution is -2.30. The number of benzene rings is 2. The van der Waals surface area contributed by atoms with Crippen molar-refractivity contribution >= 4 is 35.4 Å². The Kier molecular flexibility index (Phi) is 8.43. The zero-order valence-corrected chi connectivity index (χ0v) is 19.8. The van der Waals surface area contributed by atoms with Gasteiger partial charge in [-0.3, -0.25) is 4.79 Å². The first kappa shape index (κ1) is 24.3. The molecule has 0 bridgehead atoms. The fraction of sp³-hybridized carbons (Fsp3) is 0.280. The molecule has 1 atom stereocenters. The van der Waals surface area contributed by atoms with Crippen molar-refractivity contribution in [2.24, 2.45) is 0 Å². The number of amides is 1. The average Bonchev–Trinajstić information content (AvgIpc) is 3.16. The number of carbonyl (C=O) groups is 2. The molecular formula is C25H28N2O5S. The molecular weight excluding hydrogens is 440 g/mol. The summed E-state index contributed by atoms with van der Waals surface area (Å²) in [6.45, 7) is 5.67. The normalized spacial score (nSPS) is 16.3. The predicted molar refractivity (Wildman–Crippen MR) is 131 cm³/mol. The van der Waals surface area contributed by atoms with Crippen molar-refractivity contribution in [2.45, 2.75) is 25.3 Å². The number of thioether (sulfide) groups is 1. The van der Waals surface area contributed by atoms with Crippen molar-refractivity contribution in [1.82, 2.24) is 5.32 Å². The van der Waals surface area contributed by atoms with Gasteiger partial charge in [-0.25, -0.2) is 4.79 Å². The molecule has 0 unspecified atom stereocenters. The highest BCUT2D eigenvalue weighted by Gasteiger charge is 2.27. The van der Waals surface area contributed by atoms with Crippen LogP contribution in [0.4, 0.5) is 5.69 Å². The van der Waals surface area contributed by atoms with Gasteiger partial charge in [0.2, 0.25) is 0 Å². The summed E-state index contributed by atoms with van der Waals surface area (Å²) in [5.74, 6) is 0.260. The first-order valence-electron chi connectivity index (χ1n) is 10.5. The molecule has 0 saturated carbocycles. The molecule has 0 aromatic heterocycles. The molecule has 1 fully saturated rings. The maximum atomic E-state index is 12.6. The molecule has 1 amide bonds. The second-order valence-corrected chi connectivity index (χ2v) is 8.39. The number of hydrogen-bond donors (Lipinski definition) is 2. The van der Waals surface area contributed by atoms with E-state index >= 15 is 0 Å². The minimum absolute atomic E-state index is 0.155. The van der Waals surface area contributed by atoms with E-state index in [9.17, 15) is 9.59 Å². The quantitative estimate of drug-likeness (QED) is 0.308. The number of ether oxygens (including phenoxy) is 3. The van der Waals surface area contributed by atoms with Crippen molar-refractivity contribution in [1.29, 1.82) is 0 Å². The van der Waals surface area contributed by atoms with Gasteiger partial charge < -0.3 is 24.8 Å². The molecule has 174 valence electrons. The summed E-state index contributed by atoms with van der Waals surface area (Å²) in [7, 11) is 2.82. The van der Waals surface area contributed by atoms with Crippen molar-refractivity contribution in [2.75, 3.05) is 26.1 Å². The highest BCUT2D eigenvalue weighted by molar-refractivity contribution is 8.05. The summed E-state index contributed by atoms with van der Waals surface area (Å²) >= 11 is 1.41. The van der Waals surface area contributed by atoms with Crippen LogP contribution in [0.25, 0.3) is 6.08 Å². The van der Waals surface area contributed by atoms with Crippen LogP contribution in [0, 0.1) is 0 Å². The van der Waals surface area contributed by atoms with Gasteiger partial charge in [-0.05, 0) is 54.3 Å². The maximum absolute atomic E-state index is 12.6. The largest absolute Gasteiger partial charge is 0.493 e. The van der Waals surface area contributed by atoms with Gasteiger partial charge in [-0.15, -0.1) is 6.58 Å². The van der Waals surface area contributed by atoms with Crippen LogP contribution in [0.2, 0.25) is 0 Å². The van der Waals surface area contributed by atoms with Crippen LogP contribution in [-0.4, -0.2) is 38.2 Å². The minimum Gasteiger partial charge on any atom is -0.493 e. The number of allylic oxidation sites excluding steroid dienone is 1. The minimum atomic E-state index is -0.491. The van der Waals surface area contributed by atoms with E-state index in [0.29, 0.717) is 22.8 Å². The van der Waals surface area contributed by atoms with E-state index in [-0.39, 0.29) is 18.0 Å². The molecule has 7 nitrogen and oxygen atoms in total. The Morgan fingerprint density at radius 3 is 2.64 bits per heavy atom. The Morgan fingerprint density at radius 2 is 2.00 bits per heavy atom. The van der Waals surface area contributed by atoms with E-state index in [4.69, 9.17) is 9.47 Å². The van der Waals surface area contributed by atoms with Gasteiger partial charge in [0.25, 0.3) is 5.91 Å². The second kappa shape index (κ2) is 11.5. The van der Waals surface area contributed by atoms with Crippen LogP contribution in [-0.2, 0) is 27.2 Å². The first-order chi connectivity index (χ1) is 16.0. The third-order valence-electron chi connectivity index (χ3n) is 4.99. The summed E-state index contributed by atoms with van der Waals surface area (Å²) in [6, 6.07) is 11.8. The molecule has 33 heavy (non-hydrogen) atoms. The lowest BCUT2D eigenvalue weighted by atomic mass is 10.0. The Hall–Kier alpha value is -3.39. The molecule has 1 aliphatic heterocycles. The fourth-order valence-corrected chi connectivity index (χ4v) is 4.27. The van der Waals surface area contributed by atoms with Crippen LogP contribution < -0.4 is 20.1 Å². The zero-order valence-electron chi connectivity index (χ0n) is 19.0. The van der Waals surface area contributed by atoms with Crippen LogP contribution in [0.5, 0.6) is 11.5 Å². The number of nitrogens with one attached hydrogen (secondary N) is 2. The second-order valence-electron chi connectivity index (χ2n) is 7.24. The Morgan fingerprint density at radius 1 is 1.24 bits per heavy atom. The third-order valence-corrected chi connectivity index (χ3v) is 6.02. The predicted octanol–water partition coefficient (Wildman–Crippen LogP) is 4.14. The maximum Gasteiger partial charge on any atom is 0.343 e. The van der Waals surface area contributed by atoms with Crippen LogP contribution in [0.15, 0.2) is 54.0 Å². The summed E-state index contributed by atoms with van der Waals surface area (Å²) in [5.41, 5.74) is 3.49. The standard InChI is InChI=1S/C25H28N2O5S/c1-5-7-18-12-17(13-20(30-3)23(18)32-15-22(28)31-4)14-21-24(29)27-25(33-21)26-19-10-8-16(6-2)9-11-19/h5,8-14,25-26H,1,6-7,15H2,2-4H3,(H,27,29)/b21-14-/t25-/m0/s1. The zero-order chi connectivity index (χ0) is 23.8. The van der Waals surface area contributed by atoms with Gasteiger partial charge in [0.15, 0.2) is 23.6 Å². The molecule has 3 rings (SSSR count). The molecule has 2 N–H and O–H groups in total. The number of anilines is 1. The van der Waals surface area contributed by atoms with E-state index in [1.165, 1.54) is 31.5 Å². The van der Waals surface area contributed by atoms with E-state index in [2.05, 4.69) is 41.0 Å². The smallest absolute Gasteiger partial charge is 0.343 e. The van der Waals surface area contributed by atoms with Gasteiger partial charge >= 0.3 is 5.97 Å². The van der Waals surface area contributed by atoms with Crippen LogP contribution in [0.3, 0.4) is 0 Å². The van der Waals surface area contributed by atoms with Crippen LogP contribution in [0.1, 0.15) is 23.6 Å². The summed E-state index contributed by atoms with van der Waals surface area (Å²) in [4.78, 5) is 24.6. The number of aryl methyl sites for hydroxylation is 1. The van der Waals surface area contributed by atoms with Crippen molar-refractivity contribution in [3.8, 4) is 11.5 Å². The third kappa shape index (κ3) is 6.32. The number of hydrogen-bond acceptors (Lipinski definition) is 7. The van der Waals surface area contributed by atoms with Gasteiger partial charge in [-0.2, -0.15) is 0 Å². The lowest BCUT2D eigenvalue weighted by Gasteiger charge is -2.15. The summed E-state index contributed by atoms with van der Waals surface area (Å²) < 4.78 is 15.8. The van der Waals surface area contributed by atoms with Gasteiger partial charge in [-0.1, -0.05) is 36.9 Å². The number of carbonyl (C=O) groups excluding carboxylic acids is 2. The Labute approximate surface area is 198 Å². The molecule has 2 aromatic rings. The molecule has 0 aliphatic carbocycles. The molecule has 8 heteroatoms. The molecule has 1 heterocycles. The fourth-order valence-electron chi connectivity index (χ4n) is 3.28. The highest BCUT2D eigenvalue weighted by atomic mass is 32.2. The van der Waals surface area contributed by atoms with E-state index in [1.807, 2.05) is 18.2 Å². The highest BCUT2D eigenvalue weighted by Crippen LogP contribution is 2.36. The van der Waals surface area contributed by atoms with Crippen molar-refractivity contribution in [3.05, 3.63) is 70.6 Å². The number of methoxy groups -OCH3 is 2. The summed E-state index contributed by atoms with van der Waals surface area (Å²) in [6.07, 6.45) is 5.02. The van der Waals surface area contributed by atoms with E-state index in [0.717, 1.165) is 23.2 Å². The molecule has 0 radical (unpaired) electrons.